The van der Waals surface area contributed by atoms with Crippen LogP contribution in [-0.2, 0) is 13.5 Å². The van der Waals surface area contributed by atoms with Gasteiger partial charge in [-0.05, 0) is 43.1 Å². The Balaban J connectivity index is 1.87. The number of hydrogen-bond donors (Lipinski definition) is 1. The SMILES string of the molecule is Cn1ccc(CC(N)C2CCC(C)(C)CC2)n1. The Hall–Kier alpha value is -0.830. The summed E-state index contributed by atoms with van der Waals surface area (Å²) in [6.45, 7) is 4.74. The van der Waals surface area contributed by atoms with E-state index in [1.807, 2.05) is 17.9 Å². The van der Waals surface area contributed by atoms with E-state index in [0.717, 1.165) is 12.1 Å². The number of nitrogens with two attached hydrogens (primary N) is 1. The normalized spacial score (nSPS) is 22.6. The number of aromatic nitrogens is 2. The molecule has 1 saturated carbocycles. The number of rotatable bonds is 3. The van der Waals surface area contributed by atoms with Gasteiger partial charge in [-0.2, -0.15) is 5.10 Å². The van der Waals surface area contributed by atoms with Crippen LogP contribution in [0.4, 0.5) is 0 Å². The smallest absolute Gasteiger partial charge is 0.0640 e. The van der Waals surface area contributed by atoms with E-state index in [0.29, 0.717) is 11.3 Å². The van der Waals surface area contributed by atoms with Crippen molar-refractivity contribution in [1.29, 1.82) is 0 Å². The first-order chi connectivity index (χ1) is 7.96. The van der Waals surface area contributed by atoms with Crippen LogP contribution in [0, 0.1) is 11.3 Å². The van der Waals surface area contributed by atoms with Gasteiger partial charge in [0.15, 0.2) is 0 Å². The Kier molecular flexibility index (Phi) is 3.57. The van der Waals surface area contributed by atoms with E-state index in [1.165, 1.54) is 25.7 Å². The molecule has 3 heteroatoms. The van der Waals surface area contributed by atoms with Crippen molar-refractivity contribution < 1.29 is 0 Å². The summed E-state index contributed by atoms with van der Waals surface area (Å²) >= 11 is 0. The van der Waals surface area contributed by atoms with Crippen LogP contribution in [0.2, 0.25) is 0 Å². The van der Waals surface area contributed by atoms with Crippen LogP contribution >= 0.6 is 0 Å². The maximum absolute atomic E-state index is 6.33. The molecular formula is C14H25N3. The van der Waals surface area contributed by atoms with Crippen LogP contribution in [-0.4, -0.2) is 15.8 Å². The number of aryl methyl sites for hydroxylation is 1. The molecule has 96 valence electrons. The van der Waals surface area contributed by atoms with Crippen LogP contribution in [0.1, 0.15) is 45.2 Å². The van der Waals surface area contributed by atoms with E-state index in [9.17, 15) is 0 Å². The van der Waals surface area contributed by atoms with E-state index >= 15 is 0 Å². The third-order valence-corrected chi connectivity index (χ3v) is 4.20. The molecule has 3 nitrogen and oxygen atoms in total. The van der Waals surface area contributed by atoms with Gasteiger partial charge in [0.2, 0.25) is 0 Å². The zero-order chi connectivity index (χ0) is 12.5. The fraction of sp³-hybridized carbons (Fsp3) is 0.786. The lowest BCUT2D eigenvalue weighted by molar-refractivity contribution is 0.172. The van der Waals surface area contributed by atoms with Crippen molar-refractivity contribution in [3.63, 3.8) is 0 Å². The van der Waals surface area contributed by atoms with Crippen molar-refractivity contribution in [1.82, 2.24) is 9.78 Å². The maximum atomic E-state index is 6.33. The maximum Gasteiger partial charge on any atom is 0.0640 e. The lowest BCUT2D eigenvalue weighted by Gasteiger charge is -2.36. The molecule has 0 aromatic carbocycles. The second-order valence-corrected chi connectivity index (χ2v) is 6.35. The highest BCUT2D eigenvalue weighted by atomic mass is 15.2. The first-order valence-corrected chi connectivity index (χ1v) is 6.70. The first kappa shape index (κ1) is 12.6. The van der Waals surface area contributed by atoms with Gasteiger partial charge in [0, 0.05) is 25.7 Å². The third kappa shape index (κ3) is 3.32. The highest BCUT2D eigenvalue weighted by molar-refractivity contribution is 5.02. The summed E-state index contributed by atoms with van der Waals surface area (Å²) in [5, 5.41) is 4.41. The molecule has 1 fully saturated rings. The molecule has 1 aliphatic carbocycles. The molecule has 1 atom stereocenters. The fourth-order valence-electron chi connectivity index (χ4n) is 2.83. The van der Waals surface area contributed by atoms with E-state index in [1.54, 1.807) is 0 Å². The monoisotopic (exact) mass is 235 g/mol. The highest BCUT2D eigenvalue weighted by Crippen LogP contribution is 2.39. The van der Waals surface area contributed by atoms with Gasteiger partial charge in [-0.25, -0.2) is 0 Å². The van der Waals surface area contributed by atoms with Crippen LogP contribution in [0.25, 0.3) is 0 Å². The third-order valence-electron chi connectivity index (χ3n) is 4.20. The summed E-state index contributed by atoms with van der Waals surface area (Å²) in [7, 11) is 1.96. The van der Waals surface area contributed by atoms with Gasteiger partial charge in [0.1, 0.15) is 0 Å². The molecule has 17 heavy (non-hydrogen) atoms. The average Bonchev–Trinajstić information content (AvgIpc) is 2.63. The predicted octanol–water partition coefficient (Wildman–Crippen LogP) is 2.51. The van der Waals surface area contributed by atoms with Crippen LogP contribution in [0.3, 0.4) is 0 Å². The Bertz CT molecular complexity index is 357. The van der Waals surface area contributed by atoms with E-state index in [2.05, 4.69) is 25.0 Å². The highest BCUT2D eigenvalue weighted by Gasteiger charge is 2.30. The minimum atomic E-state index is 0.279. The topological polar surface area (TPSA) is 43.8 Å². The van der Waals surface area contributed by atoms with Gasteiger partial charge in [-0.15, -0.1) is 0 Å². The molecule has 2 rings (SSSR count). The number of nitrogens with zero attached hydrogens (tertiary/aromatic N) is 2. The molecule has 1 aromatic rings. The minimum absolute atomic E-state index is 0.279. The summed E-state index contributed by atoms with van der Waals surface area (Å²) in [6, 6.07) is 2.35. The van der Waals surface area contributed by atoms with Crippen LogP contribution < -0.4 is 5.73 Å². The zero-order valence-electron chi connectivity index (χ0n) is 11.3. The van der Waals surface area contributed by atoms with Gasteiger partial charge in [-0.1, -0.05) is 13.8 Å². The molecule has 0 aliphatic heterocycles. The van der Waals surface area contributed by atoms with Gasteiger partial charge < -0.3 is 5.73 Å². The van der Waals surface area contributed by atoms with Crippen LogP contribution in [0.5, 0.6) is 0 Å². The largest absolute Gasteiger partial charge is 0.327 e. The Labute approximate surface area is 104 Å². The lowest BCUT2D eigenvalue weighted by atomic mass is 9.71. The second kappa shape index (κ2) is 4.81. The standard InChI is InChI=1S/C14H25N3/c1-14(2)7-4-11(5-8-14)13(15)10-12-6-9-17(3)16-12/h6,9,11,13H,4-5,7-8,10,15H2,1-3H3. The Morgan fingerprint density at radius 3 is 2.65 bits per heavy atom. The van der Waals surface area contributed by atoms with Crippen molar-refractivity contribution in [2.24, 2.45) is 24.1 Å². The molecule has 2 N–H and O–H groups in total. The van der Waals surface area contributed by atoms with Crippen molar-refractivity contribution >= 4 is 0 Å². The summed E-state index contributed by atoms with van der Waals surface area (Å²) in [6.07, 6.45) is 8.10. The zero-order valence-corrected chi connectivity index (χ0v) is 11.3. The van der Waals surface area contributed by atoms with Gasteiger partial charge >= 0.3 is 0 Å². The Morgan fingerprint density at radius 1 is 1.47 bits per heavy atom. The molecule has 1 aromatic heterocycles. The molecular weight excluding hydrogens is 210 g/mol. The second-order valence-electron chi connectivity index (χ2n) is 6.35. The molecule has 0 saturated heterocycles. The molecule has 0 bridgehead atoms. The van der Waals surface area contributed by atoms with Crippen LogP contribution in [0.15, 0.2) is 12.3 Å². The van der Waals surface area contributed by atoms with E-state index in [-0.39, 0.29) is 6.04 Å². The Morgan fingerprint density at radius 2 is 2.12 bits per heavy atom. The van der Waals surface area contributed by atoms with E-state index < -0.39 is 0 Å². The molecule has 0 spiro atoms. The van der Waals surface area contributed by atoms with Gasteiger partial charge in [0.05, 0.1) is 5.69 Å². The van der Waals surface area contributed by atoms with Gasteiger partial charge in [0.25, 0.3) is 0 Å². The molecule has 0 radical (unpaired) electrons. The molecule has 1 heterocycles. The minimum Gasteiger partial charge on any atom is -0.327 e. The predicted molar refractivity (Wildman–Crippen MR) is 70.6 cm³/mol. The molecule has 1 unspecified atom stereocenters. The summed E-state index contributed by atoms with van der Waals surface area (Å²) in [5.41, 5.74) is 7.99. The number of hydrogen-bond acceptors (Lipinski definition) is 2. The van der Waals surface area contributed by atoms with E-state index in [4.69, 9.17) is 5.73 Å². The van der Waals surface area contributed by atoms with Crippen molar-refractivity contribution in [2.75, 3.05) is 0 Å². The molecule has 1 aliphatic rings. The van der Waals surface area contributed by atoms with Crippen molar-refractivity contribution in [3.8, 4) is 0 Å². The summed E-state index contributed by atoms with van der Waals surface area (Å²) in [5.74, 6) is 0.685. The lowest BCUT2D eigenvalue weighted by Crippen LogP contribution is -2.36. The average molecular weight is 235 g/mol. The van der Waals surface area contributed by atoms with Crippen molar-refractivity contribution in [2.45, 2.75) is 52.0 Å². The fourth-order valence-corrected chi connectivity index (χ4v) is 2.83. The summed E-state index contributed by atoms with van der Waals surface area (Å²) in [4.78, 5) is 0. The van der Waals surface area contributed by atoms with Gasteiger partial charge in [-0.3, -0.25) is 4.68 Å². The van der Waals surface area contributed by atoms with Crippen molar-refractivity contribution in [3.05, 3.63) is 18.0 Å². The quantitative estimate of drug-likeness (QED) is 0.875. The molecule has 0 amide bonds. The summed E-state index contributed by atoms with van der Waals surface area (Å²) < 4.78 is 1.85. The first-order valence-electron chi connectivity index (χ1n) is 6.70.